The summed E-state index contributed by atoms with van der Waals surface area (Å²) in [5.74, 6) is 0. The number of nitrogens with one attached hydrogen (secondary N) is 1. The molecule has 21 heavy (non-hydrogen) atoms. The molecule has 0 unspecified atom stereocenters. The van der Waals surface area contributed by atoms with Crippen molar-refractivity contribution in [2.24, 2.45) is 0 Å². The first-order valence-electron chi connectivity index (χ1n) is 6.23. The molecule has 0 saturated carbocycles. The number of thiophene rings is 1. The average Bonchev–Trinajstić information content (AvgIpc) is 2.92. The van der Waals surface area contributed by atoms with Gasteiger partial charge in [0.05, 0.1) is 24.5 Å². The van der Waals surface area contributed by atoms with Crippen molar-refractivity contribution < 1.29 is 13.5 Å². The first-order valence-corrected chi connectivity index (χ1v) is 9.38. The van der Waals surface area contributed by atoms with Crippen LogP contribution in [0, 0.1) is 13.8 Å². The molecule has 2 N–H and O–H groups in total. The van der Waals surface area contributed by atoms with E-state index in [4.69, 9.17) is 5.11 Å². The summed E-state index contributed by atoms with van der Waals surface area (Å²) in [6, 6.07) is 1.88. The highest BCUT2D eigenvalue weighted by atomic mass is 79.9. The summed E-state index contributed by atoms with van der Waals surface area (Å²) in [6.07, 6.45) is 0. The van der Waals surface area contributed by atoms with Crippen molar-refractivity contribution in [3.63, 3.8) is 0 Å². The Morgan fingerprint density at radius 3 is 2.76 bits per heavy atom. The van der Waals surface area contributed by atoms with Gasteiger partial charge in [0.15, 0.2) is 0 Å². The molecule has 2 rings (SSSR count). The second-order valence-electron chi connectivity index (χ2n) is 4.46. The maximum Gasteiger partial charge on any atom is 0.244 e. The van der Waals surface area contributed by atoms with Crippen molar-refractivity contribution in [1.29, 1.82) is 0 Å². The first-order chi connectivity index (χ1) is 9.86. The molecular formula is C12H16BrN3O3S2. The summed E-state index contributed by atoms with van der Waals surface area (Å²) in [7, 11) is -3.64. The monoisotopic (exact) mass is 393 g/mol. The lowest BCUT2D eigenvalue weighted by Crippen LogP contribution is -2.24. The number of rotatable bonds is 6. The Balaban J connectivity index is 2.25. The Morgan fingerprint density at radius 2 is 2.19 bits per heavy atom. The van der Waals surface area contributed by atoms with E-state index in [2.05, 4.69) is 25.8 Å². The van der Waals surface area contributed by atoms with Crippen molar-refractivity contribution in [3.8, 4) is 0 Å². The van der Waals surface area contributed by atoms with Gasteiger partial charge >= 0.3 is 0 Å². The number of hydrogen-bond donors (Lipinski definition) is 2. The smallest absolute Gasteiger partial charge is 0.244 e. The normalized spacial score (nSPS) is 12.0. The molecular weight excluding hydrogens is 378 g/mol. The second-order valence-corrected chi connectivity index (χ2v) is 8.02. The van der Waals surface area contributed by atoms with Gasteiger partial charge in [-0.15, -0.1) is 11.3 Å². The van der Waals surface area contributed by atoms with Crippen LogP contribution in [0.2, 0.25) is 0 Å². The van der Waals surface area contributed by atoms with Crippen LogP contribution in [0.25, 0.3) is 0 Å². The first kappa shape index (κ1) is 16.6. The molecule has 0 amide bonds. The molecule has 0 aliphatic carbocycles. The summed E-state index contributed by atoms with van der Waals surface area (Å²) in [5.41, 5.74) is 0.956. The number of aliphatic hydroxyl groups is 1. The number of nitrogens with zero attached hydrogens (tertiary/aromatic N) is 2. The fourth-order valence-corrected chi connectivity index (χ4v) is 4.99. The maximum atomic E-state index is 12.5. The van der Waals surface area contributed by atoms with Crippen molar-refractivity contribution in [2.45, 2.75) is 31.8 Å². The van der Waals surface area contributed by atoms with Crippen LogP contribution < -0.4 is 4.72 Å². The molecule has 0 aliphatic rings. The van der Waals surface area contributed by atoms with E-state index >= 15 is 0 Å². The van der Waals surface area contributed by atoms with Crippen LogP contribution in [-0.4, -0.2) is 29.9 Å². The molecule has 0 spiro atoms. The molecule has 9 heteroatoms. The summed E-state index contributed by atoms with van der Waals surface area (Å²) >= 11 is 4.85. The fourth-order valence-electron chi connectivity index (χ4n) is 2.07. The molecule has 0 bridgehead atoms. The SMILES string of the molecule is Cc1nn(CCO)c(C)c1S(=O)(=O)NCc1sccc1Br. The summed E-state index contributed by atoms with van der Waals surface area (Å²) in [6.45, 7) is 3.75. The predicted molar refractivity (Wildman–Crippen MR) is 84.8 cm³/mol. The molecule has 2 aromatic rings. The van der Waals surface area contributed by atoms with Crippen molar-refractivity contribution >= 4 is 37.3 Å². The predicted octanol–water partition coefficient (Wildman–Crippen LogP) is 1.79. The van der Waals surface area contributed by atoms with Crippen LogP contribution in [0.5, 0.6) is 0 Å². The third-order valence-electron chi connectivity index (χ3n) is 3.01. The van der Waals surface area contributed by atoms with Crippen LogP contribution in [0.4, 0.5) is 0 Å². The van der Waals surface area contributed by atoms with E-state index in [0.29, 0.717) is 11.4 Å². The minimum Gasteiger partial charge on any atom is -0.394 e. The molecule has 116 valence electrons. The second kappa shape index (κ2) is 6.57. The Bertz CT molecular complexity index is 737. The van der Waals surface area contributed by atoms with Crippen LogP contribution in [0.15, 0.2) is 20.8 Å². The number of aryl methyl sites for hydroxylation is 1. The molecule has 6 nitrogen and oxygen atoms in total. The van der Waals surface area contributed by atoms with Gasteiger partial charge in [0.2, 0.25) is 10.0 Å². The van der Waals surface area contributed by atoms with E-state index in [1.54, 1.807) is 13.8 Å². The quantitative estimate of drug-likeness (QED) is 0.783. The number of sulfonamides is 1. The van der Waals surface area contributed by atoms with E-state index in [0.717, 1.165) is 9.35 Å². The largest absolute Gasteiger partial charge is 0.394 e. The highest BCUT2D eigenvalue weighted by molar-refractivity contribution is 9.10. The zero-order valence-electron chi connectivity index (χ0n) is 11.6. The van der Waals surface area contributed by atoms with Crippen molar-refractivity contribution in [2.75, 3.05) is 6.61 Å². The zero-order valence-corrected chi connectivity index (χ0v) is 14.8. The summed E-state index contributed by atoms with van der Waals surface area (Å²) in [5, 5.41) is 15.0. The number of aliphatic hydroxyl groups excluding tert-OH is 1. The van der Waals surface area contributed by atoms with Gasteiger partial charge in [0.1, 0.15) is 4.90 Å². The van der Waals surface area contributed by atoms with Gasteiger partial charge < -0.3 is 5.11 Å². The molecule has 2 heterocycles. The zero-order chi connectivity index (χ0) is 15.6. The molecule has 0 aromatic carbocycles. The molecule has 2 aromatic heterocycles. The van der Waals surface area contributed by atoms with Gasteiger partial charge in [-0.05, 0) is 41.2 Å². The van der Waals surface area contributed by atoms with Crippen molar-refractivity contribution in [3.05, 3.63) is 32.2 Å². The molecule has 0 saturated heterocycles. The molecule has 0 fully saturated rings. The lowest BCUT2D eigenvalue weighted by molar-refractivity contribution is 0.267. The molecule has 0 radical (unpaired) electrons. The molecule has 0 atom stereocenters. The van der Waals surface area contributed by atoms with Gasteiger partial charge in [0.25, 0.3) is 0 Å². The van der Waals surface area contributed by atoms with Gasteiger partial charge in [-0.2, -0.15) is 5.10 Å². The third kappa shape index (κ3) is 3.54. The van der Waals surface area contributed by atoms with E-state index in [9.17, 15) is 8.42 Å². The minimum atomic E-state index is -3.64. The van der Waals surface area contributed by atoms with Gasteiger partial charge in [-0.1, -0.05) is 0 Å². The van der Waals surface area contributed by atoms with Crippen LogP contribution in [-0.2, 0) is 23.1 Å². The lowest BCUT2D eigenvalue weighted by atomic mass is 10.4. The van der Waals surface area contributed by atoms with E-state index < -0.39 is 10.0 Å². The van der Waals surface area contributed by atoms with E-state index in [-0.39, 0.29) is 24.6 Å². The Labute approximate surface area is 136 Å². The standard InChI is InChI=1S/C12H16BrN3O3S2/c1-8-12(9(2)16(15-8)4-5-17)21(18,19)14-7-11-10(13)3-6-20-11/h3,6,14,17H,4-5,7H2,1-2H3. The third-order valence-corrected chi connectivity index (χ3v) is 6.59. The number of aromatic nitrogens is 2. The summed E-state index contributed by atoms with van der Waals surface area (Å²) < 4.78 is 29.9. The van der Waals surface area contributed by atoms with Gasteiger partial charge in [-0.3, -0.25) is 4.68 Å². The Morgan fingerprint density at radius 1 is 1.48 bits per heavy atom. The van der Waals surface area contributed by atoms with E-state index in [1.807, 2.05) is 11.4 Å². The average molecular weight is 394 g/mol. The highest BCUT2D eigenvalue weighted by Gasteiger charge is 2.24. The number of halogens is 1. The lowest BCUT2D eigenvalue weighted by Gasteiger charge is -2.07. The Kier molecular flexibility index (Phi) is 5.20. The number of hydrogen-bond acceptors (Lipinski definition) is 5. The molecule has 0 aliphatic heterocycles. The maximum absolute atomic E-state index is 12.5. The van der Waals surface area contributed by atoms with Crippen LogP contribution >= 0.6 is 27.3 Å². The highest BCUT2D eigenvalue weighted by Crippen LogP contribution is 2.24. The van der Waals surface area contributed by atoms with Gasteiger partial charge in [0, 0.05) is 15.9 Å². The Hall–Kier alpha value is -0.740. The minimum absolute atomic E-state index is 0.0863. The van der Waals surface area contributed by atoms with Crippen molar-refractivity contribution in [1.82, 2.24) is 14.5 Å². The van der Waals surface area contributed by atoms with E-state index in [1.165, 1.54) is 16.0 Å². The summed E-state index contributed by atoms with van der Waals surface area (Å²) in [4.78, 5) is 1.10. The van der Waals surface area contributed by atoms with Crippen LogP contribution in [0.3, 0.4) is 0 Å². The van der Waals surface area contributed by atoms with Gasteiger partial charge in [-0.25, -0.2) is 13.1 Å². The van der Waals surface area contributed by atoms with Crippen LogP contribution in [0.1, 0.15) is 16.3 Å². The fraction of sp³-hybridized carbons (Fsp3) is 0.417. The topological polar surface area (TPSA) is 84.2 Å².